The number of thiocarbonyl (C=S) groups is 1. The van der Waals surface area contributed by atoms with Crippen molar-refractivity contribution >= 4 is 57.6 Å². The predicted octanol–water partition coefficient (Wildman–Crippen LogP) is 5.60. The van der Waals surface area contributed by atoms with Crippen molar-refractivity contribution < 1.29 is 9.67 Å². The van der Waals surface area contributed by atoms with Gasteiger partial charge in [0.25, 0.3) is 5.70 Å². The lowest BCUT2D eigenvalue weighted by Crippen LogP contribution is -2.38. The molecule has 0 saturated carbocycles. The molecule has 0 saturated heterocycles. The Hall–Kier alpha value is -2.40. The summed E-state index contributed by atoms with van der Waals surface area (Å²) < 4.78 is 1.73. The number of aromatic nitrogens is 1. The zero-order valence-corrected chi connectivity index (χ0v) is 15.9. The van der Waals surface area contributed by atoms with E-state index in [0.717, 1.165) is 0 Å². The molecule has 2 N–H and O–H groups in total. The molecule has 0 radical (unpaired) electrons. The molecule has 6 heteroatoms. The van der Waals surface area contributed by atoms with Gasteiger partial charge in [-0.05, 0) is 24.3 Å². The van der Waals surface area contributed by atoms with Crippen molar-refractivity contribution in [3.63, 3.8) is 0 Å². The standard InChI is InChI=1S/C20H14Cl2N2OS/c21-15-9-3-2-8-14(15)19(25)18(24-12-6-1-7-13-24)20(26)23-17-11-5-4-10-16(17)22/h1-13H,(H-,23,25,26)/p+1. The van der Waals surface area contributed by atoms with Crippen LogP contribution in [0.4, 0.5) is 5.69 Å². The largest absolute Gasteiger partial charge is 0.502 e. The highest BCUT2D eigenvalue weighted by Gasteiger charge is 2.25. The van der Waals surface area contributed by atoms with E-state index >= 15 is 0 Å². The van der Waals surface area contributed by atoms with Crippen LogP contribution >= 0.6 is 35.4 Å². The Bertz CT molecular complexity index is 974. The maximum atomic E-state index is 10.9. The van der Waals surface area contributed by atoms with E-state index in [-0.39, 0.29) is 5.76 Å². The summed E-state index contributed by atoms with van der Waals surface area (Å²) in [5.74, 6) is -0.0312. The van der Waals surface area contributed by atoms with E-state index in [9.17, 15) is 5.11 Å². The van der Waals surface area contributed by atoms with E-state index in [4.69, 9.17) is 35.4 Å². The molecule has 1 aromatic heterocycles. The van der Waals surface area contributed by atoms with Crippen molar-refractivity contribution in [2.24, 2.45) is 0 Å². The Balaban J connectivity index is 2.10. The van der Waals surface area contributed by atoms with Gasteiger partial charge in [-0.25, -0.2) is 0 Å². The molecule has 2 aromatic carbocycles. The molecule has 0 aliphatic carbocycles. The molecule has 1 heterocycles. The second kappa shape index (κ2) is 8.32. The van der Waals surface area contributed by atoms with E-state index < -0.39 is 0 Å². The highest BCUT2D eigenvalue weighted by Crippen LogP contribution is 2.26. The highest BCUT2D eigenvalue weighted by molar-refractivity contribution is 7.81. The molecule has 3 aromatic rings. The van der Waals surface area contributed by atoms with E-state index in [0.29, 0.717) is 32.0 Å². The number of para-hydroxylation sites is 1. The minimum Gasteiger partial charge on any atom is -0.502 e. The Kier molecular flexibility index (Phi) is 5.89. The number of benzene rings is 2. The summed E-state index contributed by atoms with van der Waals surface area (Å²) in [5, 5.41) is 15.0. The van der Waals surface area contributed by atoms with Crippen molar-refractivity contribution in [2.75, 3.05) is 5.32 Å². The number of nitrogens with zero attached hydrogens (tertiary/aromatic N) is 1. The Morgan fingerprint density at radius 2 is 1.46 bits per heavy atom. The second-order valence-corrected chi connectivity index (χ2v) is 6.62. The van der Waals surface area contributed by atoms with Crippen LogP contribution in [0.3, 0.4) is 0 Å². The van der Waals surface area contributed by atoms with Gasteiger partial charge in [-0.2, -0.15) is 4.57 Å². The van der Waals surface area contributed by atoms with Gasteiger partial charge < -0.3 is 10.4 Å². The molecule has 0 aliphatic heterocycles. The van der Waals surface area contributed by atoms with Crippen LogP contribution in [-0.2, 0) is 0 Å². The fraction of sp³-hybridized carbons (Fsp3) is 0. The van der Waals surface area contributed by atoms with Crippen molar-refractivity contribution in [1.29, 1.82) is 0 Å². The zero-order valence-electron chi connectivity index (χ0n) is 13.6. The molecule has 3 rings (SSSR count). The van der Waals surface area contributed by atoms with Gasteiger partial charge in [0.2, 0.25) is 5.76 Å². The lowest BCUT2D eigenvalue weighted by Gasteiger charge is -2.11. The van der Waals surface area contributed by atoms with Gasteiger partial charge >= 0.3 is 0 Å². The molecular formula is C20H15Cl2N2OS+. The number of pyridine rings is 1. The first-order chi connectivity index (χ1) is 12.6. The average Bonchev–Trinajstić information content (AvgIpc) is 2.65. The van der Waals surface area contributed by atoms with Gasteiger partial charge in [0.15, 0.2) is 17.4 Å². The van der Waals surface area contributed by atoms with E-state index in [1.165, 1.54) is 0 Å². The molecule has 130 valence electrons. The zero-order chi connectivity index (χ0) is 18.5. The van der Waals surface area contributed by atoms with Crippen LogP contribution in [0, 0.1) is 0 Å². The molecule has 0 unspecified atom stereocenters. The lowest BCUT2D eigenvalue weighted by molar-refractivity contribution is -0.575. The molecular weight excluding hydrogens is 387 g/mol. The first-order valence-corrected chi connectivity index (χ1v) is 8.95. The van der Waals surface area contributed by atoms with Gasteiger partial charge in [0, 0.05) is 17.7 Å². The average molecular weight is 402 g/mol. The SMILES string of the molecule is OC(=C(C(=S)Nc1ccccc1Cl)[n+]1ccccc1)c1ccccc1Cl. The Morgan fingerprint density at radius 1 is 0.846 bits per heavy atom. The van der Waals surface area contributed by atoms with E-state index in [1.807, 2.05) is 36.4 Å². The normalized spacial score (nSPS) is 11.6. The Morgan fingerprint density at radius 3 is 2.12 bits per heavy atom. The summed E-state index contributed by atoms with van der Waals surface area (Å²) in [7, 11) is 0. The van der Waals surface area contributed by atoms with Crippen molar-refractivity contribution in [3.8, 4) is 0 Å². The third-order valence-electron chi connectivity index (χ3n) is 3.66. The minimum atomic E-state index is -0.0312. The fourth-order valence-electron chi connectivity index (χ4n) is 2.42. The van der Waals surface area contributed by atoms with Gasteiger partial charge in [0.1, 0.15) is 0 Å². The lowest BCUT2D eigenvalue weighted by atomic mass is 10.1. The van der Waals surface area contributed by atoms with E-state index in [1.54, 1.807) is 47.3 Å². The first-order valence-electron chi connectivity index (χ1n) is 7.78. The summed E-state index contributed by atoms with van der Waals surface area (Å²) >= 11 is 18.0. The fourth-order valence-corrected chi connectivity index (χ4v) is 3.14. The number of halogens is 2. The number of aliphatic hydroxyl groups is 1. The monoisotopic (exact) mass is 401 g/mol. The van der Waals surface area contributed by atoms with Crippen LogP contribution < -0.4 is 9.88 Å². The maximum absolute atomic E-state index is 10.9. The summed E-state index contributed by atoms with van der Waals surface area (Å²) in [4.78, 5) is 0.312. The summed E-state index contributed by atoms with van der Waals surface area (Å²) in [5.41, 5.74) is 1.54. The number of hydrogen-bond acceptors (Lipinski definition) is 2. The topological polar surface area (TPSA) is 36.1 Å². The van der Waals surface area contributed by atoms with Crippen LogP contribution in [0.5, 0.6) is 0 Å². The summed E-state index contributed by atoms with van der Waals surface area (Å²) in [6.07, 6.45) is 3.59. The van der Waals surface area contributed by atoms with Crippen molar-refractivity contribution in [2.45, 2.75) is 0 Å². The third kappa shape index (κ3) is 4.05. The first kappa shape index (κ1) is 18.4. The molecule has 0 aliphatic rings. The van der Waals surface area contributed by atoms with Gasteiger partial charge in [-0.15, -0.1) is 0 Å². The number of anilines is 1. The molecule has 3 nitrogen and oxygen atoms in total. The number of rotatable bonds is 4. The molecule has 0 amide bonds. The van der Waals surface area contributed by atoms with Gasteiger partial charge in [0.05, 0.1) is 15.7 Å². The Labute approximate surface area is 167 Å². The molecule has 0 atom stereocenters. The minimum absolute atomic E-state index is 0.0312. The third-order valence-corrected chi connectivity index (χ3v) is 4.62. The number of aliphatic hydroxyl groups excluding tert-OH is 1. The number of nitrogens with one attached hydrogen (secondary N) is 1. The molecule has 26 heavy (non-hydrogen) atoms. The van der Waals surface area contributed by atoms with Crippen LogP contribution in [0.25, 0.3) is 11.5 Å². The van der Waals surface area contributed by atoms with Gasteiger partial charge in [-0.1, -0.05) is 65.8 Å². The smallest absolute Gasteiger partial charge is 0.288 e. The van der Waals surface area contributed by atoms with Gasteiger partial charge in [-0.3, -0.25) is 0 Å². The van der Waals surface area contributed by atoms with Crippen molar-refractivity contribution in [1.82, 2.24) is 0 Å². The van der Waals surface area contributed by atoms with Crippen LogP contribution in [0.2, 0.25) is 10.0 Å². The van der Waals surface area contributed by atoms with Crippen molar-refractivity contribution in [3.05, 3.63) is 94.7 Å². The van der Waals surface area contributed by atoms with Crippen LogP contribution in [-0.4, -0.2) is 10.1 Å². The van der Waals surface area contributed by atoms with Crippen LogP contribution in [0.15, 0.2) is 79.1 Å². The molecule has 0 bridgehead atoms. The summed E-state index contributed by atoms with van der Waals surface area (Å²) in [6.45, 7) is 0. The summed E-state index contributed by atoms with van der Waals surface area (Å²) in [6, 6.07) is 19.9. The molecule has 0 spiro atoms. The van der Waals surface area contributed by atoms with E-state index in [2.05, 4.69) is 5.32 Å². The second-order valence-electron chi connectivity index (χ2n) is 5.39. The number of hydrogen-bond donors (Lipinski definition) is 2. The van der Waals surface area contributed by atoms with Crippen LogP contribution in [0.1, 0.15) is 5.56 Å². The predicted molar refractivity (Wildman–Crippen MR) is 112 cm³/mol. The highest BCUT2D eigenvalue weighted by atomic mass is 35.5. The quantitative estimate of drug-likeness (QED) is 0.258. The molecule has 0 fully saturated rings. The maximum Gasteiger partial charge on any atom is 0.288 e.